The maximum Gasteiger partial charge on any atom is 0.147 e. The summed E-state index contributed by atoms with van der Waals surface area (Å²) in [5.74, 6) is 0. The third-order valence-electron chi connectivity index (χ3n) is 3.35. The summed E-state index contributed by atoms with van der Waals surface area (Å²) < 4.78 is 22.6. The van der Waals surface area contributed by atoms with Crippen LogP contribution in [0.3, 0.4) is 0 Å². The third kappa shape index (κ3) is 3.20. The highest BCUT2D eigenvalue weighted by Crippen LogP contribution is 2.30. The average molecular weight is 254 g/mol. The summed E-state index contributed by atoms with van der Waals surface area (Å²) in [4.78, 5) is 0. The Morgan fingerprint density at radius 3 is 2.33 bits per heavy atom. The fourth-order valence-corrected chi connectivity index (χ4v) is 2.48. The fraction of sp³-hybridized carbons (Fsp3) is 0.714. The van der Waals surface area contributed by atoms with Gasteiger partial charge in [0, 0.05) is 0 Å². The summed E-state index contributed by atoms with van der Waals surface area (Å²) in [7, 11) is 0. The summed E-state index contributed by atoms with van der Waals surface area (Å²) in [5, 5.41) is 0. The zero-order valence-electron chi connectivity index (χ0n) is 11.0. The number of ether oxygens (including phenoxy) is 4. The molecule has 2 heterocycles. The van der Waals surface area contributed by atoms with Gasteiger partial charge in [0.25, 0.3) is 0 Å². The van der Waals surface area contributed by atoms with Crippen LogP contribution in [0.1, 0.15) is 26.2 Å². The molecule has 2 saturated heterocycles. The van der Waals surface area contributed by atoms with Gasteiger partial charge in [0.05, 0.1) is 12.2 Å². The van der Waals surface area contributed by atoms with Crippen LogP contribution in [0.4, 0.5) is 0 Å². The Morgan fingerprint density at radius 1 is 1.11 bits per heavy atom. The van der Waals surface area contributed by atoms with Gasteiger partial charge >= 0.3 is 0 Å². The largest absolute Gasteiger partial charge is 0.349 e. The zero-order chi connectivity index (χ0) is 13.0. The van der Waals surface area contributed by atoms with Crippen molar-refractivity contribution in [1.82, 2.24) is 0 Å². The first-order valence-corrected chi connectivity index (χ1v) is 6.44. The van der Waals surface area contributed by atoms with Crippen molar-refractivity contribution in [1.29, 1.82) is 0 Å². The minimum Gasteiger partial charge on any atom is -0.349 e. The normalized spacial score (nSPS) is 35.8. The van der Waals surface area contributed by atoms with E-state index in [0.717, 1.165) is 24.8 Å². The number of fused-ring (bicyclic) bond motifs is 1. The molecule has 0 spiro atoms. The maximum atomic E-state index is 5.67. The Balaban J connectivity index is 1.99. The Bertz CT molecular complexity index is 302. The number of hydrogen-bond donors (Lipinski definition) is 0. The van der Waals surface area contributed by atoms with Crippen molar-refractivity contribution in [3.8, 4) is 0 Å². The molecule has 2 fully saturated rings. The predicted octanol–water partition coefficient (Wildman–Crippen LogP) is 2.40. The average Bonchev–Trinajstić information content (AvgIpc) is 2.36. The van der Waals surface area contributed by atoms with E-state index in [0.29, 0.717) is 13.6 Å². The van der Waals surface area contributed by atoms with Gasteiger partial charge in [0.2, 0.25) is 0 Å². The van der Waals surface area contributed by atoms with Gasteiger partial charge in [-0.3, -0.25) is 0 Å². The lowest BCUT2D eigenvalue weighted by atomic mass is 9.94. The summed E-state index contributed by atoms with van der Waals surface area (Å²) in [5.41, 5.74) is 1.10. The zero-order valence-corrected chi connectivity index (χ0v) is 11.0. The van der Waals surface area contributed by atoms with Crippen molar-refractivity contribution in [2.45, 2.75) is 50.6 Å². The lowest BCUT2D eigenvalue weighted by molar-refractivity contribution is -0.322. The molecule has 0 radical (unpaired) electrons. The topological polar surface area (TPSA) is 36.9 Å². The van der Waals surface area contributed by atoms with Crippen molar-refractivity contribution >= 4 is 0 Å². The molecule has 0 aromatic heterocycles. The highest BCUT2D eigenvalue weighted by molar-refractivity contribution is 4.98. The number of rotatable bonds is 5. The molecule has 0 N–H and O–H groups in total. The third-order valence-corrected chi connectivity index (χ3v) is 3.35. The van der Waals surface area contributed by atoms with Crippen molar-refractivity contribution in [3.05, 3.63) is 24.8 Å². The molecule has 0 amide bonds. The van der Waals surface area contributed by atoms with E-state index in [1.807, 2.05) is 13.0 Å². The first-order valence-electron chi connectivity index (χ1n) is 6.44. The molecule has 102 valence electrons. The van der Waals surface area contributed by atoms with E-state index in [-0.39, 0.29) is 24.4 Å². The molecule has 0 saturated carbocycles. The van der Waals surface area contributed by atoms with E-state index in [1.165, 1.54) is 0 Å². The molecule has 4 atom stereocenters. The molecule has 0 aromatic rings. The first-order chi connectivity index (χ1) is 8.72. The highest BCUT2D eigenvalue weighted by atomic mass is 16.8. The van der Waals surface area contributed by atoms with Gasteiger partial charge in [-0.15, -0.1) is 13.2 Å². The van der Waals surface area contributed by atoms with E-state index in [1.54, 1.807) is 0 Å². The second kappa shape index (κ2) is 6.48. The quantitative estimate of drug-likeness (QED) is 0.706. The van der Waals surface area contributed by atoms with Crippen LogP contribution in [-0.4, -0.2) is 38.0 Å². The molecule has 2 aliphatic heterocycles. The fourth-order valence-electron chi connectivity index (χ4n) is 2.48. The minimum absolute atomic E-state index is 0.0244. The molecule has 2 rings (SSSR count). The molecule has 0 aromatic carbocycles. The van der Waals surface area contributed by atoms with Gasteiger partial charge in [-0.1, -0.05) is 11.6 Å². The molecular formula is C14H22O4. The van der Waals surface area contributed by atoms with E-state index >= 15 is 0 Å². The molecule has 2 aliphatic rings. The van der Waals surface area contributed by atoms with E-state index < -0.39 is 0 Å². The highest BCUT2D eigenvalue weighted by Gasteiger charge is 2.43. The van der Waals surface area contributed by atoms with E-state index in [9.17, 15) is 0 Å². The molecule has 0 bridgehead atoms. The Kier molecular flexibility index (Phi) is 4.95. The van der Waals surface area contributed by atoms with Gasteiger partial charge in [-0.05, 0) is 26.2 Å². The van der Waals surface area contributed by atoms with E-state index in [2.05, 4.69) is 13.2 Å². The van der Waals surface area contributed by atoms with Crippen LogP contribution in [-0.2, 0) is 18.9 Å². The van der Waals surface area contributed by atoms with Crippen LogP contribution >= 0.6 is 0 Å². The molecule has 0 unspecified atom stereocenters. The van der Waals surface area contributed by atoms with Crippen LogP contribution in [0.2, 0.25) is 0 Å². The van der Waals surface area contributed by atoms with Gasteiger partial charge in [-0.25, -0.2) is 0 Å². The van der Waals surface area contributed by atoms with Gasteiger partial charge in [-0.2, -0.15) is 0 Å². The Labute approximate surface area is 109 Å². The van der Waals surface area contributed by atoms with Crippen molar-refractivity contribution in [3.63, 3.8) is 0 Å². The number of hydrogen-bond acceptors (Lipinski definition) is 4. The monoisotopic (exact) mass is 254 g/mol. The van der Waals surface area contributed by atoms with Crippen LogP contribution in [0, 0.1) is 0 Å². The standard InChI is InChI=1S/C14H22O4/c1-4-5-6-11-13-14(18-8-15-11)12(7-10(2)3)16-9-17-13/h4,11-14H,1-2,5-9H2,3H3/t11-,12-,13-,14-/m1/s1. The maximum absolute atomic E-state index is 5.67. The summed E-state index contributed by atoms with van der Waals surface area (Å²) in [6.07, 6.45) is 4.53. The summed E-state index contributed by atoms with van der Waals surface area (Å²) in [6.45, 7) is 10.3. The Morgan fingerprint density at radius 2 is 1.72 bits per heavy atom. The van der Waals surface area contributed by atoms with Crippen LogP contribution in [0.15, 0.2) is 24.8 Å². The van der Waals surface area contributed by atoms with Crippen molar-refractivity contribution in [2.24, 2.45) is 0 Å². The second-order valence-electron chi connectivity index (χ2n) is 4.94. The molecule has 0 aliphatic carbocycles. The molecule has 4 nitrogen and oxygen atoms in total. The van der Waals surface area contributed by atoms with Crippen LogP contribution in [0.5, 0.6) is 0 Å². The van der Waals surface area contributed by atoms with Crippen LogP contribution in [0.25, 0.3) is 0 Å². The Hall–Kier alpha value is -0.680. The van der Waals surface area contributed by atoms with Gasteiger partial charge in [0.15, 0.2) is 0 Å². The smallest absolute Gasteiger partial charge is 0.147 e. The predicted molar refractivity (Wildman–Crippen MR) is 68.1 cm³/mol. The summed E-state index contributed by atoms with van der Waals surface area (Å²) in [6, 6.07) is 0. The first kappa shape index (κ1) is 13.7. The lowest BCUT2D eigenvalue weighted by Crippen LogP contribution is -2.56. The SMILES string of the molecule is C=CCC[C@H]1OCO[C@H]2[C@@H]1OCO[C@@H]2CC(=C)C. The van der Waals surface area contributed by atoms with Crippen molar-refractivity contribution < 1.29 is 18.9 Å². The molecule has 18 heavy (non-hydrogen) atoms. The second-order valence-corrected chi connectivity index (χ2v) is 4.94. The minimum atomic E-state index is -0.0565. The summed E-state index contributed by atoms with van der Waals surface area (Å²) >= 11 is 0. The molecule has 4 heteroatoms. The molecular weight excluding hydrogens is 232 g/mol. The van der Waals surface area contributed by atoms with E-state index in [4.69, 9.17) is 18.9 Å². The van der Waals surface area contributed by atoms with Crippen LogP contribution < -0.4 is 0 Å². The van der Waals surface area contributed by atoms with Crippen molar-refractivity contribution in [2.75, 3.05) is 13.6 Å². The van der Waals surface area contributed by atoms with Gasteiger partial charge < -0.3 is 18.9 Å². The van der Waals surface area contributed by atoms with Gasteiger partial charge in [0.1, 0.15) is 25.8 Å². The lowest BCUT2D eigenvalue weighted by Gasteiger charge is -2.44. The number of allylic oxidation sites excluding steroid dienone is 1.